The minimum absolute atomic E-state index is 0.0861. The fourth-order valence-corrected chi connectivity index (χ4v) is 3.38. The van der Waals surface area contributed by atoms with Crippen molar-refractivity contribution < 1.29 is 32.7 Å². The molecule has 16 nitrogen and oxygen atoms in total. The summed E-state index contributed by atoms with van der Waals surface area (Å²) in [5.74, 6) is -2.77. The van der Waals surface area contributed by atoms with Crippen LogP contribution in [0.3, 0.4) is 0 Å². The van der Waals surface area contributed by atoms with Gasteiger partial charge in [-0.1, -0.05) is 12.1 Å². The van der Waals surface area contributed by atoms with Crippen LogP contribution in [0.2, 0.25) is 0 Å². The second-order valence-corrected chi connectivity index (χ2v) is 7.88. The molecule has 1 rings (SSSR count). The van der Waals surface area contributed by atoms with E-state index in [0.29, 0.717) is 6.42 Å². The fourth-order valence-electron chi connectivity index (χ4n) is 2.12. The van der Waals surface area contributed by atoms with Gasteiger partial charge in [0.2, 0.25) is 11.8 Å². The van der Waals surface area contributed by atoms with Crippen molar-refractivity contribution >= 4 is 28.0 Å². The molecule has 1 heterocycles. The zero-order chi connectivity index (χ0) is 23.8. The van der Waals surface area contributed by atoms with Crippen molar-refractivity contribution in [1.82, 2.24) is 24.9 Å². The molecule has 4 atom stereocenters. The third-order valence-corrected chi connectivity index (χ3v) is 4.94. The van der Waals surface area contributed by atoms with Gasteiger partial charge in [-0.15, -0.1) is 0 Å². The number of rotatable bonds is 13. The molecule has 0 fully saturated rings. The summed E-state index contributed by atoms with van der Waals surface area (Å²) in [6, 6.07) is -3.83. The van der Waals surface area contributed by atoms with Gasteiger partial charge in [0.15, 0.2) is 11.8 Å². The minimum Gasteiger partial charge on any atom is -0.480 e. The highest BCUT2D eigenvalue weighted by Gasteiger charge is 2.32. The number of aliphatic carboxylic acids is 1. The van der Waals surface area contributed by atoms with E-state index in [2.05, 4.69) is 25.2 Å². The summed E-state index contributed by atoms with van der Waals surface area (Å²) in [4.78, 5) is 30.9. The molecule has 1 aromatic heterocycles. The molecule has 0 aliphatic heterocycles. The Kier molecular flexibility index (Phi) is 9.72. The van der Waals surface area contributed by atoms with Crippen LogP contribution in [0.4, 0.5) is 0 Å². The number of aliphatic hydroxyl groups excluding tert-OH is 1. The van der Waals surface area contributed by atoms with Gasteiger partial charge in [0.25, 0.3) is 10.2 Å². The van der Waals surface area contributed by atoms with Gasteiger partial charge < -0.3 is 37.3 Å². The number of hydrogen-bond donors (Lipinski definition) is 8. The maximum Gasteiger partial charge on any atom is 0.324 e. The van der Waals surface area contributed by atoms with Crippen LogP contribution in [0, 0.1) is 0 Å². The van der Waals surface area contributed by atoms with E-state index in [4.69, 9.17) is 26.8 Å². The number of carboxylic acids is 1. The fraction of sp³-hybridized carbons (Fsp3) is 0.643. The average Bonchev–Trinajstić information content (AvgIpc) is 3.14. The molecule has 1 aromatic rings. The van der Waals surface area contributed by atoms with E-state index in [1.54, 1.807) is 11.6 Å². The molecule has 31 heavy (non-hydrogen) atoms. The minimum atomic E-state index is -4.56. The lowest BCUT2D eigenvalue weighted by Crippen LogP contribution is -2.52. The number of carboxylic acid groups (broad SMARTS) is 1. The molecule has 0 saturated heterocycles. The van der Waals surface area contributed by atoms with E-state index < -0.39 is 52.7 Å². The van der Waals surface area contributed by atoms with Crippen LogP contribution in [-0.4, -0.2) is 65.4 Å². The second kappa shape index (κ2) is 11.5. The quantitative estimate of drug-likeness (QED) is 0.104. The van der Waals surface area contributed by atoms with E-state index in [-0.39, 0.29) is 24.3 Å². The highest BCUT2D eigenvalue weighted by Crippen LogP contribution is 2.19. The Labute approximate surface area is 177 Å². The Bertz CT molecular complexity index is 882. The van der Waals surface area contributed by atoms with E-state index in [9.17, 15) is 23.1 Å². The maximum atomic E-state index is 12.4. The Balaban J connectivity index is 3.09. The lowest BCUT2D eigenvalue weighted by molar-refractivity contribution is -0.141. The molecule has 11 N–H and O–H groups in total. The molecule has 0 bridgehead atoms. The van der Waals surface area contributed by atoms with Gasteiger partial charge in [0.05, 0.1) is 18.6 Å². The predicted octanol–water partition coefficient (Wildman–Crippen LogP) is -3.48. The van der Waals surface area contributed by atoms with Gasteiger partial charge in [-0.3, -0.25) is 9.59 Å². The molecule has 0 saturated carbocycles. The number of nitrogens with one attached hydrogen (secondary N) is 3. The van der Waals surface area contributed by atoms with Crippen LogP contribution in [0.5, 0.6) is 0 Å². The van der Waals surface area contributed by atoms with Crippen LogP contribution in [0.15, 0.2) is 9.52 Å². The number of nitrogens with two attached hydrogens (primary N) is 3. The van der Waals surface area contributed by atoms with Crippen molar-refractivity contribution in [3.8, 4) is 0 Å². The largest absolute Gasteiger partial charge is 0.480 e. The van der Waals surface area contributed by atoms with Crippen LogP contribution in [0.1, 0.15) is 50.5 Å². The second-order valence-electron chi connectivity index (χ2n) is 6.40. The molecular weight excluding hydrogens is 438 g/mol. The molecule has 0 spiro atoms. The standard InChI is InChI=1S/C14H27N9O7S/c1-3-7(15)11-20-12(30-21-11)8(4-9(25)18-5-19-14(16)17)22-31(28,29)23-10(6(2)24)13(26)27/h6-8,10,22-24H,3-5,15H2,1-2H3,(H,18,25)(H,26,27)(H4,16,17,19)/t6?,7-,8-,10-/m0/s1. The summed E-state index contributed by atoms with van der Waals surface area (Å²) in [7, 11) is -4.56. The first kappa shape index (κ1) is 26.2. The average molecular weight is 465 g/mol. The number of carbonyl (C=O) groups is 2. The van der Waals surface area contributed by atoms with Crippen molar-refractivity contribution in [2.75, 3.05) is 6.67 Å². The number of hydrogen-bond acceptors (Lipinski definition) is 10. The lowest BCUT2D eigenvalue weighted by atomic mass is 10.2. The summed E-state index contributed by atoms with van der Waals surface area (Å²) in [6.07, 6.45) is -1.62. The van der Waals surface area contributed by atoms with Gasteiger partial charge in [-0.25, -0.2) is 4.99 Å². The van der Waals surface area contributed by atoms with Crippen LogP contribution < -0.4 is 32.0 Å². The van der Waals surface area contributed by atoms with Gasteiger partial charge in [0.1, 0.15) is 18.8 Å². The van der Waals surface area contributed by atoms with Gasteiger partial charge in [-0.05, 0) is 13.3 Å². The molecule has 0 radical (unpaired) electrons. The molecule has 0 aliphatic carbocycles. The highest BCUT2D eigenvalue weighted by atomic mass is 32.2. The van der Waals surface area contributed by atoms with Gasteiger partial charge in [-0.2, -0.15) is 22.8 Å². The summed E-state index contributed by atoms with van der Waals surface area (Å²) in [5.41, 5.74) is 16.1. The molecule has 0 aromatic carbocycles. The topological polar surface area (TPSA) is 274 Å². The van der Waals surface area contributed by atoms with E-state index in [1.165, 1.54) is 0 Å². The van der Waals surface area contributed by atoms with Crippen molar-refractivity contribution in [3.05, 3.63) is 11.7 Å². The molecule has 1 amide bonds. The number of nitrogens with zero attached hydrogens (tertiary/aromatic N) is 3. The zero-order valence-corrected chi connectivity index (χ0v) is 17.7. The van der Waals surface area contributed by atoms with Crippen LogP contribution in [-0.2, 0) is 19.8 Å². The summed E-state index contributed by atoms with van der Waals surface area (Å²) >= 11 is 0. The molecule has 0 aliphatic rings. The first-order valence-corrected chi connectivity index (χ1v) is 10.5. The van der Waals surface area contributed by atoms with Crippen LogP contribution in [0.25, 0.3) is 0 Å². The zero-order valence-electron chi connectivity index (χ0n) is 16.8. The molecular formula is C14H27N9O7S. The Hall–Kier alpha value is -2.86. The van der Waals surface area contributed by atoms with E-state index >= 15 is 0 Å². The Morgan fingerprint density at radius 2 is 1.94 bits per heavy atom. The molecule has 17 heteroatoms. The van der Waals surface area contributed by atoms with Crippen molar-refractivity contribution in [2.45, 2.75) is 50.9 Å². The Morgan fingerprint density at radius 1 is 1.29 bits per heavy atom. The lowest BCUT2D eigenvalue weighted by Gasteiger charge is -2.20. The summed E-state index contributed by atoms with van der Waals surface area (Å²) < 4.78 is 33.7. The third-order valence-electron chi connectivity index (χ3n) is 3.78. The Morgan fingerprint density at radius 3 is 2.45 bits per heavy atom. The van der Waals surface area contributed by atoms with Crippen molar-refractivity contribution in [2.24, 2.45) is 22.2 Å². The number of amides is 1. The maximum absolute atomic E-state index is 12.4. The van der Waals surface area contributed by atoms with Crippen molar-refractivity contribution in [1.29, 1.82) is 0 Å². The summed E-state index contributed by atoms with van der Waals surface area (Å²) in [6.45, 7) is 2.59. The van der Waals surface area contributed by atoms with Crippen molar-refractivity contribution in [3.63, 3.8) is 0 Å². The predicted molar refractivity (Wildman–Crippen MR) is 106 cm³/mol. The molecule has 1 unspecified atom stereocenters. The normalized spacial score (nSPS) is 15.5. The number of aromatic nitrogens is 2. The smallest absolute Gasteiger partial charge is 0.324 e. The van der Waals surface area contributed by atoms with Gasteiger partial charge >= 0.3 is 5.97 Å². The van der Waals surface area contributed by atoms with E-state index in [1.807, 2.05) is 0 Å². The highest BCUT2D eigenvalue weighted by molar-refractivity contribution is 7.87. The van der Waals surface area contributed by atoms with Gasteiger partial charge in [0, 0.05) is 0 Å². The van der Waals surface area contributed by atoms with Crippen LogP contribution >= 0.6 is 0 Å². The number of aliphatic imine (C=N–C) groups is 1. The molecule has 176 valence electrons. The number of carbonyl (C=O) groups excluding carboxylic acids is 1. The number of aliphatic hydroxyl groups is 1. The monoisotopic (exact) mass is 465 g/mol. The van der Waals surface area contributed by atoms with E-state index in [0.717, 1.165) is 6.92 Å². The first-order valence-electron chi connectivity index (χ1n) is 8.97. The SMILES string of the molecule is CC[C@H](N)c1noc([C@H](CC(=O)NCN=C(N)N)NS(=O)(=O)N[C@H](C(=O)O)C(C)O)n1. The first-order chi connectivity index (χ1) is 14.4. The summed E-state index contributed by atoms with van der Waals surface area (Å²) in [5, 5.41) is 24.5. The third kappa shape index (κ3) is 8.80. The number of guanidine groups is 1.